The summed E-state index contributed by atoms with van der Waals surface area (Å²) in [6.07, 6.45) is 2.68. The summed E-state index contributed by atoms with van der Waals surface area (Å²) in [5, 5.41) is 0. The predicted octanol–water partition coefficient (Wildman–Crippen LogP) is 1.30. The molecule has 54 valence electrons. The molecule has 2 heteroatoms. The molecule has 0 aliphatic rings. The van der Waals surface area contributed by atoms with Crippen LogP contribution in [0.2, 0.25) is 0 Å². The lowest BCUT2D eigenvalue weighted by Gasteiger charge is -1.87. The van der Waals surface area contributed by atoms with Crippen molar-refractivity contribution in [2.45, 2.75) is 0 Å². The van der Waals surface area contributed by atoms with Gasteiger partial charge in [-0.1, -0.05) is 30.3 Å². The number of carbonyl (C=O) groups is 1. The molecule has 0 saturated carbocycles. The van der Waals surface area contributed by atoms with E-state index in [1.165, 1.54) is 0 Å². The van der Waals surface area contributed by atoms with Gasteiger partial charge in [0.2, 0.25) is 0 Å². The Bertz CT molecular complexity index is 264. The number of rotatable bonds is 2. The molecule has 1 amide bonds. The first-order valence-electron chi connectivity index (χ1n) is 3.25. The van der Waals surface area contributed by atoms with Crippen LogP contribution in [0.1, 0.15) is 5.56 Å². The summed E-state index contributed by atoms with van der Waals surface area (Å²) in [4.78, 5) is 10.1. The zero-order chi connectivity index (χ0) is 8.10. The van der Waals surface area contributed by atoms with Gasteiger partial charge in [0.25, 0.3) is 5.91 Å². The van der Waals surface area contributed by atoms with Crippen LogP contribution in [-0.4, -0.2) is 5.91 Å². The van der Waals surface area contributed by atoms with Crippen molar-refractivity contribution in [3.8, 4) is 0 Å². The monoisotopic (exact) mass is 145 g/mol. The summed E-state index contributed by atoms with van der Waals surface area (Å²) < 4.78 is 0. The molecule has 0 spiro atoms. The van der Waals surface area contributed by atoms with Crippen LogP contribution in [0.4, 0.5) is 0 Å². The number of carbonyl (C=O) groups excluding carboxylic acids is 1. The van der Waals surface area contributed by atoms with Crippen LogP contribution >= 0.6 is 0 Å². The van der Waals surface area contributed by atoms with E-state index in [-0.39, 0.29) is 0 Å². The third-order valence-corrected chi connectivity index (χ3v) is 1.22. The van der Waals surface area contributed by atoms with Crippen molar-refractivity contribution in [3.05, 3.63) is 42.0 Å². The molecule has 0 fully saturated rings. The molecule has 0 aliphatic heterocycles. The molecule has 2 nitrogen and oxygen atoms in total. The van der Waals surface area contributed by atoms with Gasteiger partial charge in [-0.2, -0.15) is 0 Å². The van der Waals surface area contributed by atoms with E-state index in [9.17, 15) is 4.79 Å². The molecule has 11 heavy (non-hydrogen) atoms. The highest BCUT2D eigenvalue weighted by molar-refractivity contribution is 5.89. The number of amides is 1. The fourth-order valence-corrected chi connectivity index (χ4v) is 0.732. The molecule has 0 bridgehead atoms. The fourth-order valence-electron chi connectivity index (χ4n) is 0.732. The van der Waals surface area contributed by atoms with Gasteiger partial charge in [-0.15, -0.1) is 5.73 Å². The average Bonchev–Trinajstić information content (AvgIpc) is 2.03. The van der Waals surface area contributed by atoms with Crippen molar-refractivity contribution in [1.29, 1.82) is 0 Å². The van der Waals surface area contributed by atoms with E-state index < -0.39 is 5.91 Å². The summed E-state index contributed by atoms with van der Waals surface area (Å²) in [6.45, 7) is 0. The van der Waals surface area contributed by atoms with Crippen LogP contribution in [0.3, 0.4) is 0 Å². The Hall–Kier alpha value is -1.57. The van der Waals surface area contributed by atoms with E-state index in [1.54, 1.807) is 6.08 Å². The van der Waals surface area contributed by atoms with Gasteiger partial charge in [-0.3, -0.25) is 4.79 Å². The Balaban J connectivity index is 2.72. The van der Waals surface area contributed by atoms with E-state index >= 15 is 0 Å². The highest BCUT2D eigenvalue weighted by Gasteiger charge is 1.86. The second-order valence-corrected chi connectivity index (χ2v) is 2.08. The predicted molar refractivity (Wildman–Crippen MR) is 42.6 cm³/mol. The van der Waals surface area contributed by atoms with E-state index in [2.05, 4.69) is 0 Å². The largest absolute Gasteiger partial charge is 0.288 e. The normalized spacial score (nSPS) is 10.2. The molecular formula is C9H7NO. The number of hydrogen-bond acceptors (Lipinski definition) is 1. The van der Waals surface area contributed by atoms with Crippen molar-refractivity contribution in [2.24, 2.45) is 0 Å². The second-order valence-electron chi connectivity index (χ2n) is 2.08. The first kappa shape index (κ1) is 7.54. The quantitative estimate of drug-likeness (QED) is 0.578. The van der Waals surface area contributed by atoms with Crippen LogP contribution in [0.15, 0.2) is 36.4 Å². The molecule has 0 unspecified atom stereocenters. The van der Waals surface area contributed by atoms with Gasteiger partial charge in [0.1, 0.15) is 0 Å². The lowest BCUT2D eigenvalue weighted by atomic mass is 10.2. The van der Waals surface area contributed by atoms with Crippen LogP contribution in [0.25, 0.3) is 6.08 Å². The van der Waals surface area contributed by atoms with Gasteiger partial charge < -0.3 is 0 Å². The van der Waals surface area contributed by atoms with Crippen molar-refractivity contribution >= 4 is 12.0 Å². The molecule has 0 aliphatic carbocycles. The molecule has 1 aromatic carbocycles. The van der Waals surface area contributed by atoms with Gasteiger partial charge in [-0.25, -0.2) is 0 Å². The van der Waals surface area contributed by atoms with Crippen molar-refractivity contribution in [3.63, 3.8) is 0 Å². The van der Waals surface area contributed by atoms with Crippen LogP contribution in [0.5, 0.6) is 0 Å². The maximum atomic E-state index is 10.1. The van der Waals surface area contributed by atoms with Gasteiger partial charge >= 0.3 is 0 Å². The van der Waals surface area contributed by atoms with Crippen molar-refractivity contribution < 1.29 is 4.79 Å². The molecule has 1 aromatic rings. The molecule has 2 radical (unpaired) electrons. The third kappa shape index (κ3) is 2.67. The summed E-state index contributed by atoms with van der Waals surface area (Å²) in [5.74, 6) is -0.922. The topological polar surface area (TPSA) is 39.4 Å². The Morgan fingerprint density at radius 3 is 2.45 bits per heavy atom. The van der Waals surface area contributed by atoms with Crippen LogP contribution in [-0.2, 0) is 4.79 Å². The van der Waals surface area contributed by atoms with E-state index in [1.807, 2.05) is 30.3 Å². The fraction of sp³-hybridized carbons (Fsp3) is 0. The summed E-state index contributed by atoms with van der Waals surface area (Å²) in [6, 6.07) is 9.31. The van der Waals surface area contributed by atoms with Crippen LogP contribution < -0.4 is 5.73 Å². The molecule has 0 N–H and O–H groups in total. The summed E-state index contributed by atoms with van der Waals surface area (Å²) in [7, 11) is 0. The van der Waals surface area contributed by atoms with Gasteiger partial charge in [-0.05, 0) is 11.6 Å². The first-order chi connectivity index (χ1) is 5.29. The molecule has 0 heterocycles. The molecule has 0 atom stereocenters. The maximum Gasteiger partial charge on any atom is 0.288 e. The Morgan fingerprint density at radius 1 is 1.27 bits per heavy atom. The minimum absolute atomic E-state index is 0.898. The molecule has 0 aromatic heterocycles. The van der Waals surface area contributed by atoms with Crippen molar-refractivity contribution in [1.82, 2.24) is 5.73 Å². The Labute approximate surface area is 65.3 Å². The summed E-state index contributed by atoms with van der Waals surface area (Å²) in [5.41, 5.74) is 9.19. The average molecular weight is 145 g/mol. The third-order valence-electron chi connectivity index (χ3n) is 1.22. The van der Waals surface area contributed by atoms with Crippen molar-refractivity contribution in [2.75, 3.05) is 0 Å². The smallest absolute Gasteiger partial charge is 0.266 e. The lowest BCUT2D eigenvalue weighted by Crippen LogP contribution is -1.88. The molecular weight excluding hydrogens is 138 g/mol. The first-order valence-corrected chi connectivity index (χ1v) is 3.25. The highest BCUT2D eigenvalue weighted by atomic mass is 16.1. The zero-order valence-electron chi connectivity index (χ0n) is 5.90. The molecule has 0 saturated heterocycles. The SMILES string of the molecule is [N]C(=O)/C=C/c1ccccc1. The van der Waals surface area contributed by atoms with Gasteiger partial charge in [0.15, 0.2) is 0 Å². The number of benzene rings is 1. The van der Waals surface area contributed by atoms with E-state index in [0.717, 1.165) is 11.6 Å². The number of hydrogen-bond donors (Lipinski definition) is 0. The molecule has 1 rings (SSSR count). The van der Waals surface area contributed by atoms with Gasteiger partial charge in [0.05, 0.1) is 0 Å². The number of nitrogens with zero attached hydrogens (tertiary/aromatic N) is 1. The Morgan fingerprint density at radius 2 is 1.91 bits per heavy atom. The highest BCUT2D eigenvalue weighted by Crippen LogP contribution is 1.99. The minimum Gasteiger partial charge on any atom is -0.266 e. The van der Waals surface area contributed by atoms with E-state index in [4.69, 9.17) is 5.73 Å². The summed E-state index contributed by atoms with van der Waals surface area (Å²) >= 11 is 0. The Kier molecular flexibility index (Phi) is 2.44. The lowest BCUT2D eigenvalue weighted by molar-refractivity contribution is -0.114. The second kappa shape index (κ2) is 3.56. The standard InChI is InChI=1S/C9H7NO/c10-9(11)7-6-8-4-2-1-3-5-8/h1-7H/b7-6+. The van der Waals surface area contributed by atoms with Gasteiger partial charge in [0, 0.05) is 6.08 Å². The van der Waals surface area contributed by atoms with E-state index in [0.29, 0.717) is 0 Å². The zero-order valence-corrected chi connectivity index (χ0v) is 5.90. The maximum absolute atomic E-state index is 10.1. The minimum atomic E-state index is -0.922. The van der Waals surface area contributed by atoms with Crippen LogP contribution in [0, 0.1) is 0 Å².